The number of nitrogens with zero attached hydrogens (tertiary/aromatic N) is 4. The van der Waals surface area contributed by atoms with Gasteiger partial charge in [-0.3, -0.25) is 0 Å². The Labute approximate surface area is 261 Å². The van der Waals surface area contributed by atoms with Crippen LogP contribution in [0.15, 0.2) is 158 Å². The van der Waals surface area contributed by atoms with Crippen LogP contribution in [-0.4, -0.2) is 21.0 Å². The van der Waals surface area contributed by atoms with Gasteiger partial charge >= 0.3 is 0 Å². The van der Waals surface area contributed by atoms with E-state index in [1.165, 1.54) is 27.4 Å². The van der Waals surface area contributed by atoms with Crippen molar-refractivity contribution >= 4 is 32.9 Å². The topological polar surface area (TPSA) is 41.9 Å². The summed E-state index contributed by atoms with van der Waals surface area (Å²) in [6.45, 7) is 0. The Hall–Kier alpha value is -5.87. The molecular formula is C41H28N4. The minimum Gasteiger partial charge on any atom is -0.333 e. The van der Waals surface area contributed by atoms with Gasteiger partial charge < -0.3 is 4.90 Å². The summed E-state index contributed by atoms with van der Waals surface area (Å²) in [5.41, 5.74) is 6.69. The second-order valence-corrected chi connectivity index (χ2v) is 11.7. The highest BCUT2D eigenvalue weighted by Crippen LogP contribution is 2.50. The van der Waals surface area contributed by atoms with E-state index in [1.807, 2.05) is 30.3 Å². The average molecular weight is 577 g/mol. The molecule has 0 radical (unpaired) electrons. The van der Waals surface area contributed by atoms with Gasteiger partial charge in [0, 0.05) is 34.0 Å². The van der Waals surface area contributed by atoms with Crippen molar-refractivity contribution in [3.63, 3.8) is 0 Å². The second kappa shape index (κ2) is 10.4. The molecule has 6 aromatic carbocycles. The predicted octanol–water partition coefficient (Wildman–Crippen LogP) is 9.91. The summed E-state index contributed by atoms with van der Waals surface area (Å²) in [4.78, 5) is 17.4. The maximum atomic E-state index is 5.01. The summed E-state index contributed by atoms with van der Waals surface area (Å²) in [5.74, 6) is 2.29. The lowest BCUT2D eigenvalue weighted by molar-refractivity contribution is 0.747. The molecule has 1 aliphatic heterocycles. The van der Waals surface area contributed by atoms with Gasteiger partial charge in [-0.2, -0.15) is 0 Å². The average Bonchev–Trinajstić information content (AvgIpc) is 3.46. The molecule has 1 aromatic heterocycles. The molecule has 0 spiro atoms. The summed E-state index contributed by atoms with van der Waals surface area (Å²) in [5, 5.41) is 4.95. The molecule has 0 saturated carbocycles. The van der Waals surface area contributed by atoms with E-state index < -0.39 is 0 Å². The molecule has 0 amide bonds. The molecule has 0 saturated heterocycles. The molecule has 0 N–H and O–H groups in total. The lowest BCUT2D eigenvalue weighted by Crippen LogP contribution is -2.28. The van der Waals surface area contributed by atoms with Gasteiger partial charge in [0.25, 0.3) is 0 Å². The number of fused-ring (bicyclic) bond motifs is 6. The number of anilines is 2. The minimum atomic E-state index is 0.225. The van der Waals surface area contributed by atoms with E-state index >= 15 is 0 Å². The first-order valence-electron chi connectivity index (χ1n) is 15.4. The molecule has 7 aromatic rings. The maximum absolute atomic E-state index is 5.01. The lowest BCUT2D eigenvalue weighted by atomic mass is 9.88. The third-order valence-electron chi connectivity index (χ3n) is 9.02. The van der Waals surface area contributed by atoms with Crippen molar-refractivity contribution in [2.24, 2.45) is 0 Å². The van der Waals surface area contributed by atoms with E-state index in [9.17, 15) is 0 Å². The third kappa shape index (κ3) is 4.34. The monoisotopic (exact) mass is 576 g/mol. The van der Waals surface area contributed by atoms with E-state index in [2.05, 4.69) is 132 Å². The van der Waals surface area contributed by atoms with Crippen LogP contribution < -0.4 is 4.90 Å². The van der Waals surface area contributed by atoms with Gasteiger partial charge in [0.15, 0.2) is 17.5 Å². The Morgan fingerprint density at radius 1 is 0.467 bits per heavy atom. The molecule has 1 aliphatic carbocycles. The minimum absolute atomic E-state index is 0.225. The number of allylic oxidation sites excluding steroid dienone is 2. The lowest BCUT2D eigenvalue weighted by Gasteiger charge is -2.28. The highest BCUT2D eigenvalue weighted by molar-refractivity contribution is 5.95. The molecule has 4 nitrogen and oxygen atoms in total. The fraction of sp³-hybridized carbons (Fsp3) is 0.0488. The normalized spacial score (nSPS) is 16.7. The van der Waals surface area contributed by atoms with Crippen LogP contribution >= 0.6 is 0 Å². The predicted molar refractivity (Wildman–Crippen MR) is 185 cm³/mol. The zero-order valence-electron chi connectivity index (χ0n) is 24.5. The van der Waals surface area contributed by atoms with Crippen molar-refractivity contribution < 1.29 is 0 Å². The Bertz CT molecular complexity index is 2290. The van der Waals surface area contributed by atoms with Gasteiger partial charge in [-0.05, 0) is 63.5 Å². The van der Waals surface area contributed by atoms with Crippen LogP contribution in [0, 0.1) is 0 Å². The molecule has 4 heteroatoms. The van der Waals surface area contributed by atoms with Gasteiger partial charge in [-0.25, -0.2) is 15.0 Å². The molecule has 45 heavy (non-hydrogen) atoms. The van der Waals surface area contributed by atoms with Gasteiger partial charge in [-0.15, -0.1) is 0 Å². The van der Waals surface area contributed by atoms with Crippen molar-refractivity contribution in [1.82, 2.24) is 15.0 Å². The maximum Gasteiger partial charge on any atom is 0.164 e. The van der Waals surface area contributed by atoms with Crippen molar-refractivity contribution in [3.05, 3.63) is 163 Å². The zero-order valence-corrected chi connectivity index (χ0v) is 24.5. The summed E-state index contributed by atoms with van der Waals surface area (Å²) in [6, 6.07) is 47.0. The smallest absolute Gasteiger partial charge is 0.164 e. The van der Waals surface area contributed by atoms with E-state index in [0.29, 0.717) is 23.4 Å². The summed E-state index contributed by atoms with van der Waals surface area (Å²) < 4.78 is 0. The van der Waals surface area contributed by atoms with Crippen LogP contribution in [0.5, 0.6) is 0 Å². The molecule has 2 aliphatic rings. The van der Waals surface area contributed by atoms with E-state index in [1.54, 1.807) is 0 Å². The van der Waals surface area contributed by atoms with E-state index in [0.717, 1.165) is 27.8 Å². The van der Waals surface area contributed by atoms with Crippen molar-refractivity contribution in [3.8, 4) is 34.2 Å². The van der Waals surface area contributed by atoms with Crippen LogP contribution in [0.4, 0.5) is 11.4 Å². The first-order chi connectivity index (χ1) is 22.3. The number of rotatable bonds is 4. The Morgan fingerprint density at radius 3 is 1.87 bits per heavy atom. The molecule has 2 atom stereocenters. The zero-order chi connectivity index (χ0) is 29.7. The van der Waals surface area contributed by atoms with Gasteiger partial charge in [0.1, 0.15) is 0 Å². The number of hydrogen-bond donors (Lipinski definition) is 0. The van der Waals surface area contributed by atoms with E-state index in [4.69, 9.17) is 15.0 Å². The quantitative estimate of drug-likeness (QED) is 0.209. The molecule has 212 valence electrons. The number of benzene rings is 6. The van der Waals surface area contributed by atoms with E-state index in [-0.39, 0.29) is 6.04 Å². The fourth-order valence-corrected chi connectivity index (χ4v) is 6.88. The number of aromatic nitrogens is 3. The Kier molecular flexibility index (Phi) is 5.91. The van der Waals surface area contributed by atoms with Crippen LogP contribution in [0.2, 0.25) is 0 Å². The highest BCUT2D eigenvalue weighted by Gasteiger charge is 2.38. The van der Waals surface area contributed by atoms with Gasteiger partial charge in [0.05, 0.1) is 6.04 Å². The first-order valence-corrected chi connectivity index (χ1v) is 15.4. The molecule has 2 unspecified atom stereocenters. The summed E-state index contributed by atoms with van der Waals surface area (Å²) in [6.07, 6.45) is 9.01. The summed E-state index contributed by atoms with van der Waals surface area (Å²) >= 11 is 0. The highest BCUT2D eigenvalue weighted by atomic mass is 15.2. The second-order valence-electron chi connectivity index (χ2n) is 11.7. The van der Waals surface area contributed by atoms with Crippen LogP contribution in [0.1, 0.15) is 11.5 Å². The van der Waals surface area contributed by atoms with Crippen molar-refractivity contribution in [2.45, 2.75) is 12.0 Å². The molecule has 0 fully saturated rings. The van der Waals surface area contributed by atoms with Crippen LogP contribution in [0.3, 0.4) is 0 Å². The summed E-state index contributed by atoms with van der Waals surface area (Å²) in [7, 11) is 0. The van der Waals surface area contributed by atoms with Crippen molar-refractivity contribution in [1.29, 1.82) is 0 Å². The standard InChI is InChI=1S/C41H28N4/c1-2-12-29(13-3-1)39-42-40(44-41(43-39)32-19-18-27-10-4-5-14-31(27)26-32)30-20-23-33(24-21-30)45-36-17-9-8-16-35(36)38-34-15-7-6-11-28(34)22-25-37(38)45/h1-26,35-36H. The molecule has 0 bridgehead atoms. The third-order valence-corrected chi connectivity index (χ3v) is 9.02. The first kappa shape index (κ1) is 25.6. The van der Waals surface area contributed by atoms with Gasteiger partial charge in [-0.1, -0.05) is 121 Å². The Morgan fingerprint density at radius 2 is 1.07 bits per heavy atom. The largest absolute Gasteiger partial charge is 0.333 e. The SMILES string of the molecule is C1=CC2c3c(ccc4ccccc34)N(c3ccc(-c4nc(-c5ccccc5)nc(-c5ccc6ccccc6c5)n4)cc3)C2C=C1. The van der Waals surface area contributed by atoms with Crippen LogP contribution in [-0.2, 0) is 0 Å². The molecule has 9 rings (SSSR count). The Balaban J connectivity index is 1.14. The molecular weight excluding hydrogens is 548 g/mol. The fourth-order valence-electron chi connectivity index (χ4n) is 6.88. The van der Waals surface area contributed by atoms with Crippen LogP contribution in [0.25, 0.3) is 55.7 Å². The van der Waals surface area contributed by atoms with Gasteiger partial charge in [0.2, 0.25) is 0 Å². The number of hydrogen-bond acceptors (Lipinski definition) is 4. The van der Waals surface area contributed by atoms with Crippen molar-refractivity contribution in [2.75, 3.05) is 4.90 Å². The molecule has 2 heterocycles.